The van der Waals surface area contributed by atoms with Crippen LogP contribution >= 0.6 is 0 Å². The Bertz CT molecular complexity index is 625. The fourth-order valence-corrected chi connectivity index (χ4v) is 3.06. The zero-order valence-corrected chi connectivity index (χ0v) is 14.4. The van der Waals surface area contributed by atoms with E-state index in [4.69, 9.17) is 4.74 Å². The molecular formula is C18H26N4O2. The number of anilines is 1. The van der Waals surface area contributed by atoms with E-state index in [1.54, 1.807) is 0 Å². The van der Waals surface area contributed by atoms with Crippen LogP contribution in [0.1, 0.15) is 31.7 Å². The van der Waals surface area contributed by atoms with Crippen molar-refractivity contribution < 1.29 is 9.53 Å². The molecule has 0 aliphatic carbocycles. The summed E-state index contributed by atoms with van der Waals surface area (Å²) in [7, 11) is 0. The monoisotopic (exact) mass is 330 g/mol. The predicted molar refractivity (Wildman–Crippen MR) is 95.3 cm³/mol. The summed E-state index contributed by atoms with van der Waals surface area (Å²) in [6.45, 7) is 8.01. The van der Waals surface area contributed by atoms with Gasteiger partial charge in [-0.2, -0.15) is 0 Å². The van der Waals surface area contributed by atoms with Crippen LogP contribution in [0.4, 0.5) is 5.69 Å². The topological polar surface area (TPSA) is 74.8 Å². The normalized spacial score (nSPS) is 22.2. The fraction of sp³-hybridized carbons (Fsp3) is 0.556. The number of ether oxygens (including phenoxy) is 1. The van der Waals surface area contributed by atoms with Crippen LogP contribution in [0, 0.1) is 5.41 Å². The molecule has 3 N–H and O–H groups in total. The van der Waals surface area contributed by atoms with Crippen molar-refractivity contribution >= 4 is 17.6 Å². The van der Waals surface area contributed by atoms with Gasteiger partial charge in [-0.1, -0.05) is 25.1 Å². The van der Waals surface area contributed by atoms with Gasteiger partial charge in [-0.05, 0) is 18.6 Å². The molecule has 0 bridgehead atoms. The number of hydrogen-bond donors (Lipinski definition) is 3. The Morgan fingerprint density at radius 1 is 1.38 bits per heavy atom. The van der Waals surface area contributed by atoms with E-state index in [0.29, 0.717) is 13.0 Å². The smallest absolute Gasteiger partial charge is 0.225 e. The third-order valence-corrected chi connectivity index (χ3v) is 4.49. The van der Waals surface area contributed by atoms with Crippen LogP contribution in [0.25, 0.3) is 0 Å². The molecular weight excluding hydrogens is 304 g/mol. The number of carbonyl (C=O) groups excluding carboxylic acids is 1. The summed E-state index contributed by atoms with van der Waals surface area (Å²) >= 11 is 0. The lowest BCUT2D eigenvalue weighted by molar-refractivity contribution is -0.116. The molecule has 1 unspecified atom stereocenters. The van der Waals surface area contributed by atoms with Gasteiger partial charge >= 0.3 is 0 Å². The summed E-state index contributed by atoms with van der Waals surface area (Å²) in [6, 6.07) is 8.00. The van der Waals surface area contributed by atoms with E-state index in [1.807, 2.05) is 18.2 Å². The fourth-order valence-electron chi connectivity index (χ4n) is 3.06. The summed E-state index contributed by atoms with van der Waals surface area (Å²) in [5, 5.41) is 9.60. The quantitative estimate of drug-likeness (QED) is 0.567. The molecule has 2 aliphatic heterocycles. The van der Waals surface area contributed by atoms with Gasteiger partial charge < -0.3 is 20.7 Å². The summed E-state index contributed by atoms with van der Waals surface area (Å²) < 4.78 is 5.28. The highest BCUT2D eigenvalue weighted by Crippen LogP contribution is 2.31. The van der Waals surface area contributed by atoms with E-state index < -0.39 is 0 Å². The van der Waals surface area contributed by atoms with Crippen molar-refractivity contribution in [2.24, 2.45) is 10.4 Å². The molecule has 6 heteroatoms. The first-order valence-corrected chi connectivity index (χ1v) is 8.58. The minimum atomic E-state index is 0.0709. The molecule has 6 nitrogen and oxygen atoms in total. The van der Waals surface area contributed by atoms with Crippen LogP contribution in [-0.2, 0) is 9.53 Å². The first kappa shape index (κ1) is 16.8. The van der Waals surface area contributed by atoms with Crippen molar-refractivity contribution in [2.75, 3.05) is 38.2 Å². The second-order valence-corrected chi connectivity index (χ2v) is 6.92. The number of carbonyl (C=O) groups is 1. The van der Waals surface area contributed by atoms with Gasteiger partial charge in [-0.15, -0.1) is 0 Å². The molecule has 130 valence electrons. The van der Waals surface area contributed by atoms with Crippen LogP contribution < -0.4 is 16.0 Å². The SMILES string of the molecule is CCNC(=NCC1(C)COC1)NCC1CC(=O)Nc2ccccc21. The minimum absolute atomic E-state index is 0.0709. The lowest BCUT2D eigenvalue weighted by Gasteiger charge is -2.36. The molecule has 1 aromatic carbocycles. The largest absolute Gasteiger partial charge is 0.380 e. The summed E-state index contributed by atoms with van der Waals surface area (Å²) in [4.78, 5) is 16.6. The standard InChI is InChI=1S/C18H26N4O2/c1-3-19-17(21-10-18(2)11-24-12-18)20-9-13-8-16(23)22-15-7-5-4-6-14(13)15/h4-7,13H,3,8-12H2,1-2H3,(H,22,23)(H2,19,20,21). The van der Waals surface area contributed by atoms with Gasteiger partial charge in [0.25, 0.3) is 0 Å². The maximum absolute atomic E-state index is 11.9. The van der Waals surface area contributed by atoms with Crippen molar-refractivity contribution in [1.29, 1.82) is 0 Å². The number of para-hydroxylation sites is 1. The summed E-state index contributed by atoms with van der Waals surface area (Å²) in [6.07, 6.45) is 0.495. The predicted octanol–water partition coefficient (Wildman–Crippen LogP) is 1.70. The third kappa shape index (κ3) is 3.87. The minimum Gasteiger partial charge on any atom is -0.380 e. The van der Waals surface area contributed by atoms with Gasteiger partial charge in [0.15, 0.2) is 5.96 Å². The van der Waals surface area contributed by atoms with Gasteiger partial charge in [0.1, 0.15) is 0 Å². The maximum atomic E-state index is 11.9. The first-order valence-electron chi connectivity index (χ1n) is 8.58. The molecule has 1 saturated heterocycles. The Kier molecular flexibility index (Phi) is 5.04. The molecule has 1 fully saturated rings. The number of nitrogens with zero attached hydrogens (tertiary/aromatic N) is 1. The highest BCUT2D eigenvalue weighted by atomic mass is 16.5. The van der Waals surface area contributed by atoms with Crippen LogP contribution in [0.3, 0.4) is 0 Å². The molecule has 2 aliphatic rings. The molecule has 2 heterocycles. The van der Waals surface area contributed by atoms with Crippen LogP contribution in [0.2, 0.25) is 0 Å². The zero-order chi connectivity index (χ0) is 17.0. The molecule has 3 rings (SSSR count). The van der Waals surface area contributed by atoms with Crippen LogP contribution in [-0.4, -0.2) is 44.7 Å². The number of rotatable bonds is 5. The van der Waals surface area contributed by atoms with Crippen molar-refractivity contribution in [3.05, 3.63) is 29.8 Å². The molecule has 24 heavy (non-hydrogen) atoms. The maximum Gasteiger partial charge on any atom is 0.225 e. The van der Waals surface area contributed by atoms with Crippen LogP contribution in [0.15, 0.2) is 29.3 Å². The van der Waals surface area contributed by atoms with Crippen LogP contribution in [0.5, 0.6) is 0 Å². The Morgan fingerprint density at radius 2 is 2.17 bits per heavy atom. The summed E-state index contributed by atoms with van der Waals surface area (Å²) in [5.41, 5.74) is 2.25. The Balaban J connectivity index is 1.64. The van der Waals surface area contributed by atoms with E-state index >= 15 is 0 Å². The lowest BCUT2D eigenvalue weighted by atomic mass is 9.89. The number of hydrogen-bond acceptors (Lipinski definition) is 3. The van der Waals surface area contributed by atoms with Gasteiger partial charge in [0.05, 0.1) is 19.8 Å². The molecule has 0 aromatic heterocycles. The second-order valence-electron chi connectivity index (χ2n) is 6.92. The average molecular weight is 330 g/mol. The molecule has 0 saturated carbocycles. The Labute approximate surface area is 143 Å². The molecule has 0 radical (unpaired) electrons. The number of amides is 1. The zero-order valence-electron chi connectivity index (χ0n) is 14.4. The van der Waals surface area contributed by atoms with Gasteiger partial charge in [-0.3, -0.25) is 9.79 Å². The molecule has 1 amide bonds. The molecule has 0 spiro atoms. The van der Waals surface area contributed by atoms with Gasteiger partial charge in [-0.25, -0.2) is 0 Å². The van der Waals surface area contributed by atoms with E-state index in [0.717, 1.165) is 38.0 Å². The number of guanidine groups is 1. The van der Waals surface area contributed by atoms with Gasteiger partial charge in [0.2, 0.25) is 5.91 Å². The van der Waals surface area contributed by atoms with Crippen molar-refractivity contribution in [2.45, 2.75) is 26.2 Å². The molecule has 1 atom stereocenters. The number of aliphatic imine (C=N–C) groups is 1. The van der Waals surface area contributed by atoms with Gasteiger partial charge in [0, 0.05) is 36.5 Å². The highest BCUT2D eigenvalue weighted by molar-refractivity contribution is 5.94. The first-order chi connectivity index (χ1) is 11.6. The third-order valence-electron chi connectivity index (χ3n) is 4.49. The molecule has 1 aromatic rings. The Hall–Kier alpha value is -2.08. The second kappa shape index (κ2) is 7.21. The van der Waals surface area contributed by atoms with Crippen molar-refractivity contribution in [3.8, 4) is 0 Å². The number of benzene rings is 1. The highest BCUT2D eigenvalue weighted by Gasteiger charge is 2.33. The van der Waals surface area contributed by atoms with E-state index in [1.165, 1.54) is 5.56 Å². The summed E-state index contributed by atoms with van der Waals surface area (Å²) in [5.74, 6) is 1.03. The number of fused-ring (bicyclic) bond motifs is 1. The lowest BCUT2D eigenvalue weighted by Crippen LogP contribution is -2.45. The van der Waals surface area contributed by atoms with Crippen molar-refractivity contribution in [1.82, 2.24) is 10.6 Å². The number of nitrogens with one attached hydrogen (secondary N) is 3. The van der Waals surface area contributed by atoms with E-state index in [9.17, 15) is 4.79 Å². The van der Waals surface area contributed by atoms with E-state index in [2.05, 4.69) is 40.9 Å². The average Bonchev–Trinajstić information content (AvgIpc) is 2.55. The van der Waals surface area contributed by atoms with Crippen molar-refractivity contribution in [3.63, 3.8) is 0 Å². The van der Waals surface area contributed by atoms with E-state index in [-0.39, 0.29) is 17.2 Å². The Morgan fingerprint density at radius 3 is 2.88 bits per heavy atom.